The minimum absolute atomic E-state index is 0.0142. The van der Waals surface area contributed by atoms with E-state index in [0.717, 1.165) is 5.75 Å². The Morgan fingerprint density at radius 2 is 2.06 bits per heavy atom. The molecule has 4 heteroatoms. The largest absolute Gasteiger partial charge is 0.391 e. The Balaban J connectivity index is 2.17. The van der Waals surface area contributed by atoms with E-state index in [9.17, 15) is 9.90 Å². The molecule has 1 atom stereocenters. The van der Waals surface area contributed by atoms with Crippen LogP contribution < -0.4 is 5.32 Å². The molecule has 3 nitrogen and oxygen atoms in total. The summed E-state index contributed by atoms with van der Waals surface area (Å²) in [4.78, 5) is 11.5. The molecule has 0 aliphatic carbocycles. The summed E-state index contributed by atoms with van der Waals surface area (Å²) >= 11 is 1.59. The highest BCUT2D eigenvalue weighted by Crippen LogP contribution is 2.12. The van der Waals surface area contributed by atoms with E-state index in [1.807, 2.05) is 6.92 Å². The molecule has 1 rings (SSSR count). The van der Waals surface area contributed by atoms with Gasteiger partial charge in [-0.2, -0.15) is 0 Å². The predicted molar refractivity (Wildman–Crippen MR) is 76.6 cm³/mol. The molecule has 0 saturated heterocycles. The van der Waals surface area contributed by atoms with Crippen LogP contribution in [0.5, 0.6) is 0 Å². The molecule has 0 radical (unpaired) electrons. The van der Waals surface area contributed by atoms with E-state index in [1.54, 1.807) is 11.8 Å². The average molecular weight is 267 g/mol. The van der Waals surface area contributed by atoms with E-state index < -0.39 is 6.10 Å². The molecule has 18 heavy (non-hydrogen) atoms. The van der Waals surface area contributed by atoms with Crippen molar-refractivity contribution in [3.8, 4) is 0 Å². The van der Waals surface area contributed by atoms with Gasteiger partial charge < -0.3 is 10.4 Å². The summed E-state index contributed by atoms with van der Waals surface area (Å²) in [5.41, 5.74) is 2.47. The Morgan fingerprint density at radius 1 is 1.39 bits per heavy atom. The number of aliphatic hydroxyl groups is 1. The Labute approximate surface area is 113 Å². The standard InChI is InChI=1S/C14H21NO2S/c1-3-13(16)8-15-14(17)10-18-9-12-6-4-11(2)5-7-12/h4-7,13,16H,3,8-10H2,1-2H3,(H,15,17). The fourth-order valence-electron chi connectivity index (χ4n) is 1.37. The van der Waals surface area contributed by atoms with Crippen LogP contribution in [0.1, 0.15) is 24.5 Å². The van der Waals surface area contributed by atoms with Crippen LogP contribution in [-0.2, 0) is 10.5 Å². The zero-order valence-corrected chi connectivity index (χ0v) is 11.8. The fraction of sp³-hybridized carbons (Fsp3) is 0.500. The average Bonchev–Trinajstić information content (AvgIpc) is 2.38. The molecule has 0 aromatic heterocycles. The summed E-state index contributed by atoms with van der Waals surface area (Å²) in [5, 5.41) is 12.0. The van der Waals surface area contributed by atoms with Gasteiger partial charge in [-0.25, -0.2) is 0 Å². The second kappa shape index (κ2) is 8.16. The first kappa shape index (κ1) is 15.1. The molecule has 0 bridgehead atoms. The number of hydrogen-bond acceptors (Lipinski definition) is 3. The smallest absolute Gasteiger partial charge is 0.230 e. The first-order valence-corrected chi connectivity index (χ1v) is 7.35. The van der Waals surface area contributed by atoms with Crippen LogP contribution in [0.3, 0.4) is 0 Å². The molecular formula is C14H21NO2S. The number of carbonyl (C=O) groups is 1. The van der Waals surface area contributed by atoms with Crippen molar-refractivity contribution in [1.29, 1.82) is 0 Å². The van der Waals surface area contributed by atoms with Gasteiger partial charge in [0.2, 0.25) is 5.91 Å². The Bertz CT molecular complexity index is 365. The van der Waals surface area contributed by atoms with Crippen LogP contribution in [0.25, 0.3) is 0 Å². The van der Waals surface area contributed by atoms with Gasteiger partial charge in [-0.3, -0.25) is 4.79 Å². The van der Waals surface area contributed by atoms with Crippen molar-refractivity contribution in [2.45, 2.75) is 32.1 Å². The normalized spacial score (nSPS) is 12.2. The first-order chi connectivity index (χ1) is 8.61. The van der Waals surface area contributed by atoms with Crippen molar-refractivity contribution in [3.63, 3.8) is 0 Å². The van der Waals surface area contributed by atoms with Gasteiger partial charge in [-0.1, -0.05) is 36.8 Å². The molecule has 0 aliphatic rings. The van der Waals surface area contributed by atoms with Gasteiger partial charge in [0.05, 0.1) is 11.9 Å². The highest BCUT2D eigenvalue weighted by atomic mass is 32.2. The van der Waals surface area contributed by atoms with Gasteiger partial charge in [-0.15, -0.1) is 11.8 Å². The summed E-state index contributed by atoms with van der Waals surface area (Å²) in [7, 11) is 0. The summed E-state index contributed by atoms with van der Waals surface area (Å²) in [6.07, 6.45) is 0.229. The van der Waals surface area contributed by atoms with Crippen molar-refractivity contribution < 1.29 is 9.90 Å². The number of carbonyl (C=O) groups excluding carboxylic acids is 1. The molecular weight excluding hydrogens is 246 g/mol. The highest BCUT2D eigenvalue weighted by Gasteiger charge is 2.05. The molecule has 0 saturated carbocycles. The quantitative estimate of drug-likeness (QED) is 0.795. The fourth-order valence-corrected chi connectivity index (χ4v) is 2.19. The Hall–Kier alpha value is -1.00. The second-order valence-electron chi connectivity index (χ2n) is 4.34. The van der Waals surface area contributed by atoms with Crippen molar-refractivity contribution in [1.82, 2.24) is 5.32 Å². The van der Waals surface area contributed by atoms with Crippen LogP contribution >= 0.6 is 11.8 Å². The second-order valence-corrected chi connectivity index (χ2v) is 5.33. The van der Waals surface area contributed by atoms with E-state index in [4.69, 9.17) is 0 Å². The highest BCUT2D eigenvalue weighted by molar-refractivity contribution is 7.99. The molecule has 1 amide bonds. The van der Waals surface area contributed by atoms with Gasteiger partial charge in [0.25, 0.3) is 0 Å². The molecule has 100 valence electrons. The lowest BCUT2D eigenvalue weighted by Crippen LogP contribution is -2.32. The molecule has 0 fully saturated rings. The van der Waals surface area contributed by atoms with E-state index in [1.165, 1.54) is 11.1 Å². The molecule has 1 aromatic carbocycles. The topological polar surface area (TPSA) is 49.3 Å². The van der Waals surface area contributed by atoms with E-state index in [0.29, 0.717) is 18.7 Å². The summed E-state index contributed by atoms with van der Waals surface area (Å²) in [6.45, 7) is 4.30. The molecule has 0 spiro atoms. The number of rotatable bonds is 7. The van der Waals surface area contributed by atoms with Crippen molar-refractivity contribution in [3.05, 3.63) is 35.4 Å². The third-order valence-corrected chi connectivity index (χ3v) is 3.63. The van der Waals surface area contributed by atoms with Crippen LogP contribution in [0, 0.1) is 6.92 Å². The molecule has 0 heterocycles. The lowest BCUT2D eigenvalue weighted by molar-refractivity contribution is -0.119. The SMILES string of the molecule is CCC(O)CNC(=O)CSCc1ccc(C)cc1. The maximum atomic E-state index is 11.5. The van der Waals surface area contributed by atoms with Crippen molar-refractivity contribution in [2.24, 2.45) is 0 Å². The number of hydrogen-bond donors (Lipinski definition) is 2. The third kappa shape index (κ3) is 6.07. The lowest BCUT2D eigenvalue weighted by Gasteiger charge is -2.09. The third-order valence-electron chi connectivity index (χ3n) is 2.63. The van der Waals surface area contributed by atoms with Gasteiger partial charge in [-0.05, 0) is 18.9 Å². The number of aliphatic hydroxyl groups excluding tert-OH is 1. The number of amides is 1. The van der Waals surface area contributed by atoms with Crippen LogP contribution in [-0.4, -0.2) is 29.4 Å². The predicted octanol–water partition coefficient (Wildman–Crippen LogP) is 2.12. The van der Waals surface area contributed by atoms with Gasteiger partial charge in [0.1, 0.15) is 0 Å². The van der Waals surface area contributed by atoms with Crippen molar-refractivity contribution >= 4 is 17.7 Å². The number of nitrogens with one attached hydrogen (secondary N) is 1. The lowest BCUT2D eigenvalue weighted by atomic mass is 10.2. The number of thioether (sulfide) groups is 1. The molecule has 2 N–H and O–H groups in total. The van der Waals surface area contributed by atoms with Gasteiger partial charge >= 0.3 is 0 Å². The maximum absolute atomic E-state index is 11.5. The summed E-state index contributed by atoms with van der Waals surface area (Å²) in [5.74, 6) is 1.26. The van der Waals surface area contributed by atoms with E-state index >= 15 is 0 Å². The van der Waals surface area contributed by atoms with Crippen molar-refractivity contribution in [2.75, 3.05) is 12.3 Å². The maximum Gasteiger partial charge on any atom is 0.230 e. The Kier molecular flexibility index (Phi) is 6.83. The minimum atomic E-state index is -0.434. The van der Waals surface area contributed by atoms with Crippen LogP contribution in [0.15, 0.2) is 24.3 Å². The van der Waals surface area contributed by atoms with Gasteiger partial charge in [0.15, 0.2) is 0 Å². The van der Waals surface area contributed by atoms with Gasteiger partial charge in [0, 0.05) is 12.3 Å². The molecule has 1 aromatic rings. The monoisotopic (exact) mass is 267 g/mol. The minimum Gasteiger partial charge on any atom is -0.391 e. The first-order valence-electron chi connectivity index (χ1n) is 6.20. The zero-order valence-electron chi connectivity index (χ0n) is 11.0. The van der Waals surface area contributed by atoms with E-state index in [2.05, 4.69) is 36.5 Å². The molecule has 0 aliphatic heterocycles. The summed E-state index contributed by atoms with van der Waals surface area (Å²) in [6, 6.07) is 8.32. The number of aryl methyl sites for hydroxylation is 1. The van der Waals surface area contributed by atoms with Crippen LogP contribution in [0.2, 0.25) is 0 Å². The number of benzene rings is 1. The van der Waals surface area contributed by atoms with E-state index in [-0.39, 0.29) is 5.91 Å². The van der Waals surface area contributed by atoms with Crippen LogP contribution in [0.4, 0.5) is 0 Å². The zero-order chi connectivity index (χ0) is 13.4. The summed E-state index contributed by atoms with van der Waals surface area (Å²) < 4.78 is 0. The molecule has 1 unspecified atom stereocenters. The Morgan fingerprint density at radius 3 is 2.67 bits per heavy atom.